The highest BCUT2D eigenvalue weighted by molar-refractivity contribution is 9.15. The van der Waals surface area contributed by atoms with Gasteiger partial charge in [0.15, 0.2) is 0 Å². The fourth-order valence-electron chi connectivity index (χ4n) is 5.44. The van der Waals surface area contributed by atoms with Crippen LogP contribution in [0.2, 0.25) is 25.2 Å². The Labute approximate surface area is 310 Å². The fraction of sp³-hybridized carbons (Fsp3) is 0.333. The Morgan fingerprint density at radius 3 is 0.952 bits per heavy atom. The molecule has 0 aromatic heterocycles. The number of benzene rings is 2. The Hall–Kier alpha value is 0.914. The smallest absolute Gasteiger partial charge is 0.317 e. The molecule has 0 atom stereocenters. The lowest BCUT2D eigenvalue weighted by Gasteiger charge is -2.50. The standard InChI is InChI=1S/C24H18Br8N2O6Si2/c1-41(7-3-5-33-21(35)9-10(22(33)36)14(26)18(30)17(29)13(9)25)39-42(2,40-41)8-4-6-34-23(37)11-12(24(34)38)16(28)20(32)19(31)15(11)27/h3-8H2,1-2H3. The number of carbonyl (C=O) groups is 4. The fourth-order valence-corrected chi connectivity index (χ4v) is 21.0. The number of nitrogens with zero attached hydrogens (tertiary/aromatic N) is 2. The van der Waals surface area contributed by atoms with Gasteiger partial charge in [-0.2, -0.15) is 0 Å². The third-order valence-electron chi connectivity index (χ3n) is 7.26. The minimum absolute atomic E-state index is 0.255. The van der Waals surface area contributed by atoms with Crippen LogP contribution in [0.4, 0.5) is 0 Å². The number of carbonyl (C=O) groups excluding carboxylic acids is 4. The van der Waals surface area contributed by atoms with Gasteiger partial charge in [-0.25, -0.2) is 0 Å². The van der Waals surface area contributed by atoms with Crippen LogP contribution in [0.3, 0.4) is 0 Å². The molecular weight excluding hydrogens is 1110 g/mol. The van der Waals surface area contributed by atoms with Gasteiger partial charge >= 0.3 is 17.1 Å². The Bertz CT molecular complexity index is 1410. The molecule has 3 aliphatic heterocycles. The molecule has 224 valence electrons. The number of halogens is 8. The highest BCUT2D eigenvalue weighted by atomic mass is 79.9. The van der Waals surface area contributed by atoms with Crippen LogP contribution in [-0.4, -0.2) is 63.6 Å². The summed E-state index contributed by atoms with van der Waals surface area (Å²) in [4.78, 5) is 55.0. The minimum atomic E-state index is -2.45. The maximum atomic E-state index is 13.1. The predicted octanol–water partition coefficient (Wildman–Crippen LogP) is 9.65. The first-order valence-corrected chi connectivity index (χ1v) is 23.8. The van der Waals surface area contributed by atoms with E-state index in [9.17, 15) is 19.2 Å². The van der Waals surface area contributed by atoms with E-state index in [4.69, 9.17) is 8.23 Å². The zero-order valence-corrected chi connectivity index (χ0v) is 36.3. The second-order valence-electron chi connectivity index (χ2n) is 10.2. The summed E-state index contributed by atoms with van der Waals surface area (Å²) in [6.07, 6.45) is 1.11. The molecule has 2 aromatic rings. The Morgan fingerprint density at radius 1 is 0.476 bits per heavy atom. The molecule has 4 amide bonds. The minimum Gasteiger partial charge on any atom is -0.416 e. The number of imide groups is 2. The molecule has 0 N–H and O–H groups in total. The average Bonchev–Trinajstić information content (AvgIpc) is 3.31. The molecule has 1 saturated heterocycles. The zero-order chi connectivity index (χ0) is 31.0. The van der Waals surface area contributed by atoms with Crippen molar-refractivity contribution in [3.63, 3.8) is 0 Å². The summed E-state index contributed by atoms with van der Waals surface area (Å²) in [6, 6.07) is 1.26. The van der Waals surface area contributed by atoms with E-state index in [1.54, 1.807) is 0 Å². The van der Waals surface area contributed by atoms with Gasteiger partial charge in [0, 0.05) is 48.9 Å². The summed E-state index contributed by atoms with van der Waals surface area (Å²) >= 11 is 27.5. The highest BCUT2D eigenvalue weighted by Gasteiger charge is 2.56. The second-order valence-corrected chi connectivity index (χ2v) is 23.7. The molecule has 0 bridgehead atoms. The van der Waals surface area contributed by atoms with Gasteiger partial charge in [0.1, 0.15) is 0 Å². The predicted molar refractivity (Wildman–Crippen MR) is 189 cm³/mol. The lowest BCUT2D eigenvalue weighted by Crippen LogP contribution is -2.67. The summed E-state index contributed by atoms with van der Waals surface area (Å²) in [5, 5.41) is 0. The molecule has 0 spiro atoms. The quantitative estimate of drug-likeness (QED) is 0.113. The lowest BCUT2D eigenvalue weighted by molar-refractivity contribution is 0.0638. The van der Waals surface area contributed by atoms with Gasteiger partial charge in [-0.15, -0.1) is 0 Å². The maximum Gasteiger partial charge on any atom is 0.317 e. The van der Waals surface area contributed by atoms with Crippen molar-refractivity contribution in [3.8, 4) is 0 Å². The van der Waals surface area contributed by atoms with E-state index in [-0.39, 0.29) is 36.7 Å². The number of fused-ring (bicyclic) bond motifs is 2. The summed E-state index contributed by atoms with van der Waals surface area (Å²) in [5.41, 5.74) is 1.33. The third-order valence-corrected chi connectivity index (χ3v) is 26.2. The summed E-state index contributed by atoms with van der Waals surface area (Å²) < 4.78 is 17.6. The first-order chi connectivity index (χ1) is 19.5. The first-order valence-electron chi connectivity index (χ1n) is 12.4. The molecule has 42 heavy (non-hydrogen) atoms. The Balaban J connectivity index is 1.14. The highest BCUT2D eigenvalue weighted by Crippen LogP contribution is 2.47. The van der Waals surface area contributed by atoms with Crippen LogP contribution in [0.15, 0.2) is 35.8 Å². The Kier molecular flexibility index (Phi) is 10.2. The molecule has 0 saturated carbocycles. The first kappa shape index (κ1) is 34.3. The van der Waals surface area contributed by atoms with E-state index in [1.807, 2.05) is 13.1 Å². The van der Waals surface area contributed by atoms with Crippen LogP contribution in [-0.2, 0) is 8.23 Å². The molecule has 0 aliphatic carbocycles. The van der Waals surface area contributed by atoms with Crippen molar-refractivity contribution in [3.05, 3.63) is 58.0 Å². The van der Waals surface area contributed by atoms with Gasteiger partial charge in [-0.1, -0.05) is 0 Å². The molecule has 3 aliphatic rings. The number of hydrogen-bond donors (Lipinski definition) is 0. The second kappa shape index (κ2) is 12.5. The molecule has 0 unspecified atom stereocenters. The molecular formula is C24H18Br8N2O6Si2. The molecule has 18 heteroatoms. The van der Waals surface area contributed by atoms with Crippen molar-refractivity contribution in [1.82, 2.24) is 9.80 Å². The van der Waals surface area contributed by atoms with Crippen LogP contribution in [0.1, 0.15) is 54.3 Å². The van der Waals surface area contributed by atoms with E-state index in [1.165, 1.54) is 9.80 Å². The van der Waals surface area contributed by atoms with Crippen molar-refractivity contribution in [1.29, 1.82) is 0 Å². The van der Waals surface area contributed by atoms with Gasteiger partial charge in [0.25, 0.3) is 23.6 Å². The number of amides is 4. The summed E-state index contributed by atoms with van der Waals surface area (Å²) in [5.74, 6) is -1.37. The van der Waals surface area contributed by atoms with E-state index < -0.39 is 17.1 Å². The Morgan fingerprint density at radius 2 is 0.714 bits per heavy atom. The third kappa shape index (κ3) is 5.70. The molecule has 1 fully saturated rings. The van der Waals surface area contributed by atoms with Crippen molar-refractivity contribution >= 4 is 168 Å². The van der Waals surface area contributed by atoms with Gasteiger partial charge < -0.3 is 8.23 Å². The average molecular weight is 1130 g/mol. The monoisotopic (exact) mass is 1120 g/mol. The van der Waals surface area contributed by atoms with Crippen LogP contribution in [0, 0.1) is 0 Å². The molecule has 8 nitrogen and oxygen atoms in total. The van der Waals surface area contributed by atoms with E-state index in [0.29, 0.717) is 83.0 Å². The molecule has 3 heterocycles. The van der Waals surface area contributed by atoms with Crippen LogP contribution in [0.25, 0.3) is 0 Å². The van der Waals surface area contributed by atoms with Crippen molar-refractivity contribution in [2.75, 3.05) is 13.1 Å². The van der Waals surface area contributed by atoms with E-state index in [0.717, 1.165) is 0 Å². The van der Waals surface area contributed by atoms with Gasteiger partial charge in [0.2, 0.25) is 0 Å². The van der Waals surface area contributed by atoms with E-state index in [2.05, 4.69) is 127 Å². The molecule has 5 rings (SSSR count). The van der Waals surface area contributed by atoms with Gasteiger partial charge in [-0.05, 0) is 165 Å². The topological polar surface area (TPSA) is 93.2 Å². The lowest BCUT2D eigenvalue weighted by atomic mass is 10.1. The maximum absolute atomic E-state index is 13.1. The largest absolute Gasteiger partial charge is 0.416 e. The van der Waals surface area contributed by atoms with Gasteiger partial charge in [-0.3, -0.25) is 29.0 Å². The van der Waals surface area contributed by atoms with Crippen LogP contribution in [0.5, 0.6) is 0 Å². The van der Waals surface area contributed by atoms with Crippen LogP contribution < -0.4 is 0 Å². The van der Waals surface area contributed by atoms with Gasteiger partial charge in [0.05, 0.1) is 22.3 Å². The van der Waals surface area contributed by atoms with Crippen molar-refractivity contribution in [2.45, 2.75) is 38.0 Å². The molecule has 0 radical (unpaired) electrons. The van der Waals surface area contributed by atoms with E-state index >= 15 is 0 Å². The van der Waals surface area contributed by atoms with Crippen molar-refractivity contribution < 1.29 is 27.4 Å². The number of hydrogen-bond acceptors (Lipinski definition) is 6. The normalized spacial score (nSPS) is 23.2. The summed E-state index contributed by atoms with van der Waals surface area (Å²) in [6.45, 7) is 4.48. The molecule has 2 aromatic carbocycles. The zero-order valence-electron chi connectivity index (χ0n) is 21.6. The summed E-state index contributed by atoms with van der Waals surface area (Å²) in [7, 11) is -4.89. The van der Waals surface area contributed by atoms with Crippen molar-refractivity contribution in [2.24, 2.45) is 0 Å². The SMILES string of the molecule is C[Si]1(CCCN2C(=O)c3c(Br)c(Br)c(Br)c(Br)c3C2=O)O[Si](C)(CCCN2C(=O)c3c(Br)c(Br)c(Br)c(Br)c3C2=O)O1. The van der Waals surface area contributed by atoms with Crippen LogP contribution >= 0.6 is 127 Å². The number of rotatable bonds is 8.